The Hall–Kier alpha value is -0.150. The molecule has 0 aliphatic carbocycles. The van der Waals surface area contributed by atoms with E-state index in [1.807, 2.05) is 0 Å². The summed E-state index contributed by atoms with van der Waals surface area (Å²) < 4.78 is 20.9. The molecule has 0 amide bonds. The van der Waals surface area contributed by atoms with Gasteiger partial charge in [0.25, 0.3) is 0 Å². The summed E-state index contributed by atoms with van der Waals surface area (Å²) in [5, 5.41) is 0. The maximum absolute atomic E-state index is 11.8. The lowest BCUT2D eigenvalue weighted by Crippen LogP contribution is -2.14. The van der Waals surface area contributed by atoms with E-state index in [0.29, 0.717) is 0 Å². The Kier molecular flexibility index (Phi) is 3.73. The summed E-state index contributed by atoms with van der Waals surface area (Å²) in [5.74, 6) is 0. The molecule has 0 aromatic carbocycles. The van der Waals surface area contributed by atoms with E-state index < -0.39 is 12.6 Å². The van der Waals surface area contributed by atoms with E-state index in [1.54, 1.807) is 6.92 Å². The highest BCUT2D eigenvalue weighted by atomic mass is 19.1. The minimum absolute atomic E-state index is 0.449. The van der Waals surface area contributed by atoms with Crippen LogP contribution in [0.1, 0.15) is 13.8 Å². The van der Waals surface area contributed by atoms with Crippen LogP contribution in [0.3, 0.4) is 0 Å². The average molecular weight is 122 g/mol. The zero-order valence-electron chi connectivity index (χ0n) is 5.35. The zero-order chi connectivity index (χ0) is 6.57. The van der Waals surface area contributed by atoms with Crippen molar-refractivity contribution in [2.24, 2.45) is 0 Å². The maximum Gasteiger partial charge on any atom is 0.198 e. The molecule has 8 heavy (non-hydrogen) atoms. The van der Waals surface area contributed by atoms with Crippen LogP contribution in [-0.4, -0.2) is 19.8 Å². The van der Waals surface area contributed by atoms with Crippen molar-refractivity contribution in [1.29, 1.82) is 0 Å². The van der Waals surface area contributed by atoms with E-state index in [4.69, 9.17) is 0 Å². The molecule has 0 saturated heterocycles. The molecule has 50 valence electrons. The first-order valence-corrected chi connectivity index (χ1v) is 2.49. The highest BCUT2D eigenvalue weighted by molar-refractivity contribution is 4.28. The fourth-order valence-electron chi connectivity index (χ4n) is 0.320. The topological polar surface area (TPSA) is 18.5 Å². The molecule has 2 atom stereocenters. The van der Waals surface area contributed by atoms with Crippen molar-refractivity contribution >= 4 is 0 Å². The summed E-state index contributed by atoms with van der Waals surface area (Å²) in [6.45, 7) is 2.95. The maximum atomic E-state index is 11.8. The summed E-state index contributed by atoms with van der Waals surface area (Å²) in [5.41, 5.74) is 0. The van der Waals surface area contributed by atoms with Gasteiger partial charge in [0, 0.05) is 7.11 Å². The lowest BCUT2D eigenvalue weighted by molar-refractivity contribution is -0.175. The monoisotopic (exact) mass is 122 g/mol. The van der Waals surface area contributed by atoms with E-state index in [1.165, 1.54) is 14.0 Å². The Morgan fingerprint density at radius 3 is 2.00 bits per heavy atom. The van der Waals surface area contributed by atoms with Crippen LogP contribution in [0.25, 0.3) is 0 Å². The van der Waals surface area contributed by atoms with E-state index in [0.717, 1.165) is 0 Å². The second-order valence-corrected chi connectivity index (χ2v) is 1.48. The molecule has 2 unspecified atom stereocenters. The van der Waals surface area contributed by atoms with Gasteiger partial charge < -0.3 is 9.47 Å². The molecule has 0 radical (unpaired) electrons. The lowest BCUT2D eigenvalue weighted by Gasteiger charge is -2.10. The SMILES string of the molecule is COC(C)OC(C)F. The summed E-state index contributed by atoms with van der Waals surface area (Å²) in [4.78, 5) is 0. The number of alkyl halides is 1. The normalized spacial score (nSPS) is 18.0. The zero-order valence-corrected chi connectivity index (χ0v) is 5.35. The van der Waals surface area contributed by atoms with Gasteiger partial charge in [0.05, 0.1) is 0 Å². The first kappa shape index (κ1) is 7.85. The largest absolute Gasteiger partial charge is 0.356 e. The van der Waals surface area contributed by atoms with E-state index in [2.05, 4.69) is 9.47 Å². The van der Waals surface area contributed by atoms with Gasteiger partial charge in [-0.05, 0) is 13.8 Å². The van der Waals surface area contributed by atoms with Gasteiger partial charge in [-0.25, -0.2) is 4.39 Å². The fourth-order valence-corrected chi connectivity index (χ4v) is 0.320. The van der Waals surface area contributed by atoms with Gasteiger partial charge in [-0.1, -0.05) is 0 Å². The second-order valence-electron chi connectivity index (χ2n) is 1.48. The number of hydrogen-bond acceptors (Lipinski definition) is 2. The first-order valence-electron chi connectivity index (χ1n) is 2.49. The van der Waals surface area contributed by atoms with Crippen LogP contribution < -0.4 is 0 Å². The molecule has 0 aliphatic heterocycles. The molecule has 0 heterocycles. The number of rotatable bonds is 3. The Labute approximate surface area is 48.6 Å². The first-order chi connectivity index (χ1) is 3.66. The van der Waals surface area contributed by atoms with Crippen molar-refractivity contribution in [3.63, 3.8) is 0 Å². The van der Waals surface area contributed by atoms with Crippen molar-refractivity contribution < 1.29 is 13.9 Å². The Morgan fingerprint density at radius 1 is 1.38 bits per heavy atom. The molecule has 0 aliphatic rings. The molecule has 3 heteroatoms. The van der Waals surface area contributed by atoms with Gasteiger partial charge in [-0.15, -0.1) is 0 Å². The average Bonchev–Trinajstić information content (AvgIpc) is 1.65. The Balaban J connectivity index is 3.10. The van der Waals surface area contributed by atoms with Crippen LogP contribution in [0.15, 0.2) is 0 Å². The van der Waals surface area contributed by atoms with Crippen molar-refractivity contribution in [3.05, 3.63) is 0 Å². The van der Waals surface area contributed by atoms with Gasteiger partial charge in [0.15, 0.2) is 12.6 Å². The predicted molar refractivity (Wildman–Crippen MR) is 28.1 cm³/mol. The number of hydrogen-bond donors (Lipinski definition) is 0. The van der Waals surface area contributed by atoms with Crippen LogP contribution in [-0.2, 0) is 9.47 Å². The van der Waals surface area contributed by atoms with Crippen molar-refractivity contribution in [1.82, 2.24) is 0 Å². The van der Waals surface area contributed by atoms with Gasteiger partial charge in [-0.3, -0.25) is 0 Å². The van der Waals surface area contributed by atoms with Crippen LogP contribution in [0.2, 0.25) is 0 Å². The molecule has 0 saturated carbocycles. The lowest BCUT2D eigenvalue weighted by atomic mass is 10.7. The highest BCUT2D eigenvalue weighted by Gasteiger charge is 2.02. The van der Waals surface area contributed by atoms with Crippen LogP contribution in [0.5, 0.6) is 0 Å². The van der Waals surface area contributed by atoms with Crippen LogP contribution in [0.4, 0.5) is 4.39 Å². The molecule has 2 nitrogen and oxygen atoms in total. The molecule has 0 aromatic heterocycles. The standard InChI is InChI=1S/C5H11FO2/c1-4(6)8-5(2)7-3/h4-5H,1-3H3. The third-order valence-electron chi connectivity index (χ3n) is 0.711. The van der Waals surface area contributed by atoms with E-state index in [9.17, 15) is 4.39 Å². The van der Waals surface area contributed by atoms with Crippen molar-refractivity contribution in [2.75, 3.05) is 7.11 Å². The van der Waals surface area contributed by atoms with Gasteiger partial charge >= 0.3 is 0 Å². The number of ether oxygens (including phenoxy) is 2. The van der Waals surface area contributed by atoms with Crippen molar-refractivity contribution in [2.45, 2.75) is 26.5 Å². The molecule has 0 N–H and O–H groups in total. The quantitative estimate of drug-likeness (QED) is 0.525. The fraction of sp³-hybridized carbons (Fsp3) is 1.00. The van der Waals surface area contributed by atoms with Gasteiger partial charge in [0.1, 0.15) is 0 Å². The Morgan fingerprint density at radius 2 is 1.88 bits per heavy atom. The van der Waals surface area contributed by atoms with E-state index >= 15 is 0 Å². The summed E-state index contributed by atoms with van der Waals surface area (Å²) in [7, 11) is 1.47. The molecule has 0 bridgehead atoms. The van der Waals surface area contributed by atoms with Crippen molar-refractivity contribution in [3.8, 4) is 0 Å². The molecule has 0 fully saturated rings. The molecular formula is C5H11FO2. The van der Waals surface area contributed by atoms with Gasteiger partial charge in [-0.2, -0.15) is 0 Å². The molecule has 0 spiro atoms. The third-order valence-corrected chi connectivity index (χ3v) is 0.711. The number of methoxy groups -OCH3 is 1. The van der Waals surface area contributed by atoms with E-state index in [-0.39, 0.29) is 0 Å². The summed E-state index contributed by atoms with van der Waals surface area (Å²) >= 11 is 0. The molecular weight excluding hydrogens is 111 g/mol. The predicted octanol–water partition coefficient (Wildman–Crippen LogP) is 1.31. The van der Waals surface area contributed by atoms with Crippen LogP contribution >= 0.6 is 0 Å². The smallest absolute Gasteiger partial charge is 0.198 e. The second kappa shape index (κ2) is 3.80. The minimum atomic E-state index is -1.25. The molecule has 0 rings (SSSR count). The number of halogens is 1. The summed E-state index contributed by atoms with van der Waals surface area (Å²) in [6.07, 6.45) is -1.69. The minimum Gasteiger partial charge on any atom is -0.356 e. The summed E-state index contributed by atoms with van der Waals surface area (Å²) in [6, 6.07) is 0. The van der Waals surface area contributed by atoms with Crippen LogP contribution in [0, 0.1) is 0 Å². The highest BCUT2D eigenvalue weighted by Crippen LogP contribution is 1.97. The Bertz CT molecular complexity index is 56.4. The van der Waals surface area contributed by atoms with Gasteiger partial charge in [0.2, 0.25) is 0 Å². The third kappa shape index (κ3) is 4.02. The molecule has 0 aromatic rings.